The predicted octanol–water partition coefficient (Wildman–Crippen LogP) is 2.35. The number of carboxylic acid groups (broad SMARTS) is 1. The van der Waals surface area contributed by atoms with Crippen LogP contribution in [0.1, 0.15) is 5.69 Å². The maximum absolute atomic E-state index is 10.6. The van der Waals surface area contributed by atoms with Crippen molar-refractivity contribution in [2.24, 2.45) is 0 Å². The van der Waals surface area contributed by atoms with Crippen LogP contribution in [0.5, 0.6) is 0 Å². The minimum absolute atomic E-state index is 0.196. The lowest BCUT2D eigenvalue weighted by molar-refractivity contribution is -0.132. The molecule has 0 unspecified atom stereocenters. The van der Waals surface area contributed by atoms with E-state index < -0.39 is 5.97 Å². The standard InChI is InChI=1S/C12H11NO2/c1-8(12(14)15)6-10-7-9-4-2-3-5-11(9)13-10/h2-5,7,13H,1,6H2,(H,14,15). The van der Waals surface area contributed by atoms with E-state index >= 15 is 0 Å². The number of nitrogens with one attached hydrogen (secondary N) is 1. The number of aromatic amines is 1. The van der Waals surface area contributed by atoms with Gasteiger partial charge in [-0.1, -0.05) is 24.8 Å². The second kappa shape index (κ2) is 3.61. The van der Waals surface area contributed by atoms with Crippen molar-refractivity contribution in [1.82, 2.24) is 4.98 Å². The topological polar surface area (TPSA) is 53.1 Å². The molecule has 2 aromatic rings. The Morgan fingerprint density at radius 1 is 1.40 bits per heavy atom. The molecule has 0 amide bonds. The van der Waals surface area contributed by atoms with Gasteiger partial charge in [0.15, 0.2) is 0 Å². The summed E-state index contributed by atoms with van der Waals surface area (Å²) in [6.45, 7) is 3.50. The van der Waals surface area contributed by atoms with Crippen molar-refractivity contribution in [1.29, 1.82) is 0 Å². The molecule has 0 aliphatic heterocycles. The number of hydrogen-bond acceptors (Lipinski definition) is 1. The number of hydrogen-bond donors (Lipinski definition) is 2. The first-order valence-electron chi connectivity index (χ1n) is 4.64. The number of aliphatic carboxylic acids is 1. The largest absolute Gasteiger partial charge is 0.478 e. The maximum Gasteiger partial charge on any atom is 0.331 e. The van der Waals surface area contributed by atoms with E-state index in [1.807, 2.05) is 30.3 Å². The van der Waals surface area contributed by atoms with Crippen LogP contribution in [0, 0.1) is 0 Å². The summed E-state index contributed by atoms with van der Waals surface area (Å²) in [5, 5.41) is 9.79. The van der Waals surface area contributed by atoms with Crippen molar-refractivity contribution >= 4 is 16.9 Å². The summed E-state index contributed by atoms with van der Waals surface area (Å²) >= 11 is 0. The van der Waals surface area contributed by atoms with Crippen LogP contribution in [0.25, 0.3) is 10.9 Å². The Morgan fingerprint density at radius 3 is 2.80 bits per heavy atom. The van der Waals surface area contributed by atoms with Crippen LogP contribution in [0.4, 0.5) is 0 Å². The number of carboxylic acids is 1. The number of H-pyrrole nitrogens is 1. The van der Waals surface area contributed by atoms with Gasteiger partial charge in [-0.2, -0.15) is 0 Å². The van der Waals surface area contributed by atoms with Crippen LogP contribution in [0.2, 0.25) is 0 Å². The number of benzene rings is 1. The van der Waals surface area contributed by atoms with Gasteiger partial charge in [0, 0.05) is 23.2 Å². The number of rotatable bonds is 3. The van der Waals surface area contributed by atoms with E-state index in [1.54, 1.807) is 0 Å². The van der Waals surface area contributed by atoms with Gasteiger partial charge in [-0.15, -0.1) is 0 Å². The van der Waals surface area contributed by atoms with Crippen molar-refractivity contribution in [2.75, 3.05) is 0 Å². The summed E-state index contributed by atoms with van der Waals surface area (Å²) in [7, 11) is 0. The predicted molar refractivity (Wildman–Crippen MR) is 58.8 cm³/mol. The zero-order valence-electron chi connectivity index (χ0n) is 8.16. The number of carbonyl (C=O) groups is 1. The van der Waals surface area contributed by atoms with E-state index in [4.69, 9.17) is 5.11 Å². The molecule has 0 bridgehead atoms. The molecule has 76 valence electrons. The van der Waals surface area contributed by atoms with Crippen LogP contribution >= 0.6 is 0 Å². The van der Waals surface area contributed by atoms with Crippen LogP contribution in [0.15, 0.2) is 42.5 Å². The molecule has 0 saturated carbocycles. The lowest BCUT2D eigenvalue weighted by Crippen LogP contribution is -2.02. The van der Waals surface area contributed by atoms with E-state index in [1.165, 1.54) is 0 Å². The fraction of sp³-hybridized carbons (Fsp3) is 0.0833. The molecule has 0 atom stereocenters. The lowest BCUT2D eigenvalue weighted by Gasteiger charge is -1.96. The van der Waals surface area contributed by atoms with Crippen molar-refractivity contribution in [3.05, 3.63) is 48.2 Å². The first-order chi connectivity index (χ1) is 7.16. The molecule has 1 aromatic carbocycles. The molecule has 3 nitrogen and oxygen atoms in total. The van der Waals surface area contributed by atoms with Gasteiger partial charge in [-0.05, 0) is 17.5 Å². The Morgan fingerprint density at radius 2 is 2.13 bits per heavy atom. The van der Waals surface area contributed by atoms with Crippen molar-refractivity contribution < 1.29 is 9.90 Å². The molecule has 2 rings (SSSR count). The molecule has 1 heterocycles. The fourth-order valence-electron chi connectivity index (χ4n) is 1.53. The van der Waals surface area contributed by atoms with Gasteiger partial charge in [0.1, 0.15) is 0 Å². The maximum atomic E-state index is 10.6. The smallest absolute Gasteiger partial charge is 0.331 e. The summed E-state index contributed by atoms with van der Waals surface area (Å²) in [4.78, 5) is 13.8. The fourth-order valence-corrected chi connectivity index (χ4v) is 1.53. The summed E-state index contributed by atoms with van der Waals surface area (Å²) in [6.07, 6.45) is 0.351. The van der Waals surface area contributed by atoms with E-state index in [0.29, 0.717) is 6.42 Å². The quantitative estimate of drug-likeness (QED) is 0.749. The molecule has 1 aromatic heterocycles. The SMILES string of the molecule is C=C(Cc1cc2ccccc2[nH]1)C(=O)O. The summed E-state index contributed by atoms with van der Waals surface area (Å²) in [6, 6.07) is 9.78. The molecular weight excluding hydrogens is 190 g/mol. The van der Waals surface area contributed by atoms with Crippen molar-refractivity contribution in [3.8, 4) is 0 Å². The third kappa shape index (κ3) is 1.91. The Balaban J connectivity index is 2.30. The highest BCUT2D eigenvalue weighted by Gasteiger charge is 2.07. The first kappa shape index (κ1) is 9.52. The van der Waals surface area contributed by atoms with Crippen LogP contribution in [0.3, 0.4) is 0 Å². The minimum atomic E-state index is -0.950. The van der Waals surface area contributed by atoms with Gasteiger partial charge >= 0.3 is 5.97 Å². The Kier molecular flexibility index (Phi) is 2.29. The van der Waals surface area contributed by atoms with Gasteiger partial charge in [0.05, 0.1) is 0 Å². The number of fused-ring (bicyclic) bond motifs is 1. The highest BCUT2D eigenvalue weighted by atomic mass is 16.4. The lowest BCUT2D eigenvalue weighted by atomic mass is 10.1. The molecule has 0 saturated heterocycles. The average molecular weight is 201 g/mol. The third-order valence-corrected chi connectivity index (χ3v) is 2.29. The highest BCUT2D eigenvalue weighted by Crippen LogP contribution is 2.16. The first-order valence-corrected chi connectivity index (χ1v) is 4.64. The molecule has 0 aliphatic rings. The van der Waals surface area contributed by atoms with Crippen molar-refractivity contribution in [2.45, 2.75) is 6.42 Å². The summed E-state index contributed by atoms with van der Waals surface area (Å²) in [5.74, 6) is -0.950. The molecule has 0 fully saturated rings. The molecule has 2 N–H and O–H groups in total. The number of para-hydroxylation sites is 1. The summed E-state index contributed by atoms with van der Waals surface area (Å²) in [5.41, 5.74) is 2.09. The van der Waals surface area contributed by atoms with E-state index in [9.17, 15) is 4.79 Å². The van der Waals surface area contributed by atoms with Gasteiger partial charge in [0.2, 0.25) is 0 Å². The van der Waals surface area contributed by atoms with Gasteiger partial charge in [-0.3, -0.25) is 0 Å². The molecule has 3 heteroatoms. The number of aromatic nitrogens is 1. The zero-order chi connectivity index (χ0) is 10.8. The zero-order valence-corrected chi connectivity index (χ0v) is 8.16. The van der Waals surface area contributed by atoms with E-state index in [2.05, 4.69) is 11.6 Å². The molecule has 0 aliphatic carbocycles. The van der Waals surface area contributed by atoms with Crippen LogP contribution in [-0.4, -0.2) is 16.1 Å². The van der Waals surface area contributed by atoms with E-state index in [-0.39, 0.29) is 5.57 Å². The Bertz CT molecular complexity index is 492. The van der Waals surface area contributed by atoms with Crippen molar-refractivity contribution in [3.63, 3.8) is 0 Å². The Labute approximate surface area is 87.0 Å². The highest BCUT2D eigenvalue weighted by molar-refractivity contribution is 5.87. The second-order valence-electron chi connectivity index (χ2n) is 3.47. The Hall–Kier alpha value is -2.03. The molecule has 15 heavy (non-hydrogen) atoms. The summed E-state index contributed by atoms with van der Waals surface area (Å²) < 4.78 is 0. The van der Waals surface area contributed by atoms with Crippen LogP contribution in [-0.2, 0) is 11.2 Å². The normalized spacial score (nSPS) is 10.4. The molecule has 0 spiro atoms. The monoisotopic (exact) mass is 201 g/mol. The van der Waals surface area contributed by atoms with Gasteiger partial charge < -0.3 is 10.1 Å². The van der Waals surface area contributed by atoms with Gasteiger partial charge in [-0.25, -0.2) is 4.79 Å². The van der Waals surface area contributed by atoms with E-state index in [0.717, 1.165) is 16.6 Å². The average Bonchev–Trinajstić information content (AvgIpc) is 2.59. The molecule has 0 radical (unpaired) electrons. The third-order valence-electron chi connectivity index (χ3n) is 2.29. The minimum Gasteiger partial charge on any atom is -0.478 e. The van der Waals surface area contributed by atoms with Gasteiger partial charge in [0.25, 0.3) is 0 Å². The molecular formula is C12H11NO2. The second-order valence-corrected chi connectivity index (χ2v) is 3.47. The van der Waals surface area contributed by atoms with Crippen LogP contribution < -0.4 is 0 Å².